The van der Waals surface area contributed by atoms with E-state index in [0.717, 1.165) is 27.5 Å². The number of halogens is 1. The molecule has 1 aromatic carbocycles. The van der Waals surface area contributed by atoms with Gasteiger partial charge in [-0.25, -0.2) is 9.07 Å². The topological polar surface area (TPSA) is 62.1 Å². The first-order valence-electron chi connectivity index (χ1n) is 8.12. The first-order chi connectivity index (χ1) is 12.6. The van der Waals surface area contributed by atoms with Crippen LogP contribution in [0.1, 0.15) is 22.5 Å². The Kier molecular flexibility index (Phi) is 4.60. The maximum atomic E-state index is 13.8. The second-order valence-corrected chi connectivity index (χ2v) is 7.02. The summed E-state index contributed by atoms with van der Waals surface area (Å²) in [5.74, 6) is 1.62. The lowest BCUT2D eigenvalue weighted by Crippen LogP contribution is -2.13. The predicted octanol–water partition coefficient (Wildman–Crippen LogP) is 3.58. The molecule has 0 atom stereocenters. The van der Waals surface area contributed by atoms with Crippen molar-refractivity contribution in [2.45, 2.75) is 31.2 Å². The molecule has 8 heteroatoms. The second kappa shape index (κ2) is 7.05. The molecule has 6 nitrogen and oxygen atoms in total. The molecule has 0 saturated heterocycles. The number of benzene rings is 1. The zero-order valence-corrected chi connectivity index (χ0v) is 15.2. The van der Waals surface area contributed by atoms with Crippen LogP contribution in [0.2, 0.25) is 0 Å². The molecule has 3 heterocycles. The largest absolute Gasteiger partial charge is 0.467 e. The smallest absolute Gasteiger partial charge is 0.189 e. The van der Waals surface area contributed by atoms with Gasteiger partial charge in [-0.2, -0.15) is 5.10 Å². The van der Waals surface area contributed by atoms with E-state index in [2.05, 4.69) is 15.3 Å². The SMILES string of the molecule is Cc1cc(C)n(-c2ccc(SCc3cc(F)cc4c3OCOC4)nn2)n1. The number of aromatic nitrogens is 4. The van der Waals surface area contributed by atoms with E-state index in [1.54, 1.807) is 4.68 Å². The van der Waals surface area contributed by atoms with Crippen LogP contribution in [0.4, 0.5) is 4.39 Å². The van der Waals surface area contributed by atoms with Crippen LogP contribution in [-0.2, 0) is 17.1 Å². The maximum absolute atomic E-state index is 13.8. The van der Waals surface area contributed by atoms with Gasteiger partial charge in [0.2, 0.25) is 0 Å². The number of thioether (sulfide) groups is 1. The molecule has 0 N–H and O–H groups in total. The number of ether oxygens (including phenoxy) is 2. The monoisotopic (exact) mass is 372 g/mol. The maximum Gasteiger partial charge on any atom is 0.189 e. The summed E-state index contributed by atoms with van der Waals surface area (Å²) in [4.78, 5) is 0. The summed E-state index contributed by atoms with van der Waals surface area (Å²) in [6, 6.07) is 8.70. The van der Waals surface area contributed by atoms with Gasteiger partial charge in [0.15, 0.2) is 12.6 Å². The van der Waals surface area contributed by atoms with Crippen LogP contribution < -0.4 is 4.74 Å². The van der Waals surface area contributed by atoms with Crippen molar-refractivity contribution in [2.24, 2.45) is 0 Å². The highest BCUT2D eigenvalue weighted by atomic mass is 32.2. The summed E-state index contributed by atoms with van der Waals surface area (Å²) in [6.45, 7) is 4.46. The normalized spacial score (nSPS) is 13.3. The van der Waals surface area contributed by atoms with Crippen molar-refractivity contribution in [1.29, 1.82) is 0 Å². The molecule has 0 fully saturated rings. The van der Waals surface area contributed by atoms with Crippen LogP contribution in [0, 0.1) is 19.7 Å². The van der Waals surface area contributed by atoms with Crippen molar-refractivity contribution in [3.05, 3.63) is 58.7 Å². The van der Waals surface area contributed by atoms with Crippen molar-refractivity contribution in [1.82, 2.24) is 20.0 Å². The average molecular weight is 372 g/mol. The van der Waals surface area contributed by atoms with Crippen molar-refractivity contribution >= 4 is 11.8 Å². The van der Waals surface area contributed by atoms with Crippen LogP contribution in [0.25, 0.3) is 5.82 Å². The van der Waals surface area contributed by atoms with Gasteiger partial charge in [0.25, 0.3) is 0 Å². The van der Waals surface area contributed by atoms with E-state index in [1.807, 2.05) is 32.0 Å². The van der Waals surface area contributed by atoms with Gasteiger partial charge < -0.3 is 9.47 Å². The highest BCUT2D eigenvalue weighted by Crippen LogP contribution is 2.33. The number of nitrogens with zero attached hydrogens (tertiary/aromatic N) is 4. The molecule has 2 aromatic heterocycles. The van der Waals surface area contributed by atoms with Crippen LogP contribution in [0.3, 0.4) is 0 Å². The lowest BCUT2D eigenvalue weighted by Gasteiger charge is -2.20. The minimum absolute atomic E-state index is 0.188. The molecule has 0 spiro atoms. The molecule has 134 valence electrons. The summed E-state index contributed by atoms with van der Waals surface area (Å²) in [5, 5.41) is 13.6. The molecule has 0 saturated carbocycles. The van der Waals surface area contributed by atoms with Gasteiger partial charge in [-0.15, -0.1) is 10.2 Å². The summed E-state index contributed by atoms with van der Waals surface area (Å²) >= 11 is 1.48. The van der Waals surface area contributed by atoms with Crippen molar-refractivity contribution in [3.8, 4) is 11.6 Å². The fraction of sp³-hybridized carbons (Fsp3) is 0.278. The van der Waals surface area contributed by atoms with Crippen LogP contribution in [-0.4, -0.2) is 26.8 Å². The van der Waals surface area contributed by atoms with Gasteiger partial charge in [-0.05, 0) is 44.2 Å². The minimum Gasteiger partial charge on any atom is -0.467 e. The lowest BCUT2D eigenvalue weighted by molar-refractivity contribution is -0.0171. The van der Waals surface area contributed by atoms with E-state index in [1.165, 1.54) is 23.9 Å². The predicted molar refractivity (Wildman–Crippen MR) is 94.9 cm³/mol. The Morgan fingerprint density at radius 2 is 2.08 bits per heavy atom. The van der Waals surface area contributed by atoms with E-state index in [0.29, 0.717) is 23.9 Å². The van der Waals surface area contributed by atoms with Gasteiger partial charge in [-0.1, -0.05) is 11.8 Å². The summed E-state index contributed by atoms with van der Waals surface area (Å²) in [5.41, 5.74) is 3.46. The Bertz CT molecular complexity index is 943. The summed E-state index contributed by atoms with van der Waals surface area (Å²) < 4.78 is 26.3. The van der Waals surface area contributed by atoms with Crippen LogP contribution in [0.15, 0.2) is 35.4 Å². The highest BCUT2D eigenvalue weighted by Gasteiger charge is 2.17. The third kappa shape index (κ3) is 3.42. The van der Waals surface area contributed by atoms with Crippen molar-refractivity contribution in [3.63, 3.8) is 0 Å². The van der Waals surface area contributed by atoms with Gasteiger partial charge in [-0.3, -0.25) is 0 Å². The van der Waals surface area contributed by atoms with Crippen molar-refractivity contribution < 1.29 is 13.9 Å². The molecule has 4 rings (SSSR count). The molecular formula is C18H17FN4O2S. The van der Waals surface area contributed by atoms with Gasteiger partial charge in [0, 0.05) is 22.6 Å². The van der Waals surface area contributed by atoms with Gasteiger partial charge in [0.1, 0.15) is 16.6 Å². The van der Waals surface area contributed by atoms with E-state index in [-0.39, 0.29) is 12.6 Å². The van der Waals surface area contributed by atoms with Crippen LogP contribution >= 0.6 is 11.8 Å². The van der Waals surface area contributed by atoms with E-state index in [9.17, 15) is 4.39 Å². The lowest BCUT2D eigenvalue weighted by atomic mass is 10.1. The first kappa shape index (κ1) is 17.0. The molecule has 0 aliphatic carbocycles. The van der Waals surface area contributed by atoms with Crippen LogP contribution in [0.5, 0.6) is 5.75 Å². The number of rotatable bonds is 4. The third-order valence-corrected chi connectivity index (χ3v) is 4.95. The highest BCUT2D eigenvalue weighted by molar-refractivity contribution is 7.98. The third-order valence-electron chi connectivity index (χ3n) is 3.98. The van der Waals surface area contributed by atoms with Gasteiger partial charge >= 0.3 is 0 Å². The molecule has 26 heavy (non-hydrogen) atoms. The number of fused-ring (bicyclic) bond motifs is 1. The molecule has 3 aromatic rings. The second-order valence-electron chi connectivity index (χ2n) is 6.02. The Hall–Kier alpha value is -2.45. The molecule has 0 unspecified atom stereocenters. The zero-order chi connectivity index (χ0) is 18.1. The molecule has 1 aliphatic rings. The summed E-state index contributed by atoms with van der Waals surface area (Å²) in [7, 11) is 0. The fourth-order valence-electron chi connectivity index (χ4n) is 2.88. The van der Waals surface area contributed by atoms with Crippen molar-refractivity contribution in [2.75, 3.05) is 6.79 Å². The molecular weight excluding hydrogens is 355 g/mol. The summed E-state index contributed by atoms with van der Waals surface area (Å²) in [6.07, 6.45) is 0. The zero-order valence-electron chi connectivity index (χ0n) is 14.4. The molecule has 0 radical (unpaired) electrons. The Morgan fingerprint density at radius 1 is 1.19 bits per heavy atom. The molecule has 0 amide bonds. The molecule has 1 aliphatic heterocycles. The fourth-order valence-corrected chi connectivity index (χ4v) is 3.66. The number of hydrogen-bond donors (Lipinski definition) is 0. The molecule has 0 bridgehead atoms. The minimum atomic E-state index is -0.292. The number of aryl methyl sites for hydroxylation is 2. The van der Waals surface area contributed by atoms with E-state index in [4.69, 9.17) is 9.47 Å². The van der Waals surface area contributed by atoms with E-state index >= 15 is 0 Å². The standard InChI is InChI=1S/C18H17FN4O2S/c1-11-5-12(2)23(22-11)16-3-4-17(21-20-16)26-9-14-7-15(19)6-13-8-24-10-25-18(13)14/h3-7H,8-10H2,1-2H3. The Balaban J connectivity index is 1.50. The first-order valence-corrected chi connectivity index (χ1v) is 9.11. The Labute approximate surface area is 154 Å². The van der Waals surface area contributed by atoms with Gasteiger partial charge in [0.05, 0.1) is 12.3 Å². The quantitative estimate of drug-likeness (QED) is 0.653. The number of hydrogen-bond acceptors (Lipinski definition) is 6. The van der Waals surface area contributed by atoms with E-state index < -0.39 is 0 Å². The average Bonchev–Trinajstić information content (AvgIpc) is 2.98. The Morgan fingerprint density at radius 3 is 2.81 bits per heavy atom.